The first-order valence-corrected chi connectivity index (χ1v) is 10.3. The van der Waals surface area contributed by atoms with Gasteiger partial charge in [0.2, 0.25) is 5.16 Å². The number of carbonyl (C=O) groups excluding carboxylic acids is 2. The van der Waals surface area contributed by atoms with E-state index in [9.17, 15) is 9.59 Å². The lowest BCUT2D eigenvalue weighted by molar-refractivity contribution is -0.152. The number of carbonyl (C=O) groups is 2. The molecule has 0 unspecified atom stereocenters. The van der Waals surface area contributed by atoms with Crippen molar-refractivity contribution < 1.29 is 14.3 Å². The minimum absolute atomic E-state index is 0.00284. The zero-order chi connectivity index (χ0) is 21.1. The summed E-state index contributed by atoms with van der Waals surface area (Å²) in [5, 5.41) is 7.74. The molecule has 152 valence electrons. The van der Waals surface area contributed by atoms with Gasteiger partial charge in [-0.05, 0) is 51.6 Å². The van der Waals surface area contributed by atoms with E-state index in [-0.39, 0.29) is 12.3 Å². The number of esters is 1. The lowest BCUT2D eigenvalue weighted by atomic mass is 10.1. The molecule has 0 radical (unpaired) electrons. The van der Waals surface area contributed by atoms with Crippen LogP contribution >= 0.6 is 11.8 Å². The SMILES string of the molecule is CSc1nc2nc(C)c(CC(=O)O[C@H](C)C(=O)Nc3cccc(C)c3)c(C)n2n1. The summed E-state index contributed by atoms with van der Waals surface area (Å²) in [6, 6.07) is 7.42. The number of aryl methyl sites for hydroxylation is 3. The summed E-state index contributed by atoms with van der Waals surface area (Å²) in [5.74, 6) is -0.395. The Morgan fingerprint density at radius 1 is 1.24 bits per heavy atom. The number of thioether (sulfide) groups is 1. The van der Waals surface area contributed by atoms with Crippen LogP contribution in [0.3, 0.4) is 0 Å². The number of rotatable bonds is 6. The molecule has 0 fully saturated rings. The Morgan fingerprint density at radius 3 is 2.69 bits per heavy atom. The number of nitrogens with one attached hydrogen (secondary N) is 1. The Bertz CT molecular complexity index is 1080. The van der Waals surface area contributed by atoms with Gasteiger partial charge in [0, 0.05) is 22.6 Å². The molecule has 0 spiro atoms. The van der Waals surface area contributed by atoms with Gasteiger partial charge >= 0.3 is 5.97 Å². The lowest BCUT2D eigenvalue weighted by Crippen LogP contribution is -2.30. The van der Waals surface area contributed by atoms with E-state index >= 15 is 0 Å². The van der Waals surface area contributed by atoms with Crippen molar-refractivity contribution >= 4 is 35.1 Å². The highest BCUT2D eigenvalue weighted by Gasteiger charge is 2.21. The Hall–Kier alpha value is -2.94. The van der Waals surface area contributed by atoms with Gasteiger partial charge in [-0.15, -0.1) is 5.10 Å². The van der Waals surface area contributed by atoms with Gasteiger partial charge in [-0.25, -0.2) is 9.50 Å². The molecule has 0 aliphatic rings. The molecule has 2 aromatic heterocycles. The Morgan fingerprint density at radius 2 is 2.00 bits per heavy atom. The summed E-state index contributed by atoms with van der Waals surface area (Å²) in [5.41, 5.74) is 3.86. The zero-order valence-corrected chi connectivity index (χ0v) is 17.8. The van der Waals surface area contributed by atoms with Crippen LogP contribution in [0, 0.1) is 20.8 Å². The topological polar surface area (TPSA) is 98.5 Å². The van der Waals surface area contributed by atoms with Crippen LogP contribution in [0.4, 0.5) is 5.69 Å². The van der Waals surface area contributed by atoms with Crippen molar-refractivity contribution in [3.8, 4) is 0 Å². The van der Waals surface area contributed by atoms with E-state index < -0.39 is 12.1 Å². The van der Waals surface area contributed by atoms with Crippen molar-refractivity contribution in [3.05, 3.63) is 46.8 Å². The van der Waals surface area contributed by atoms with E-state index in [4.69, 9.17) is 4.74 Å². The number of nitrogens with zero attached hydrogens (tertiary/aromatic N) is 4. The minimum Gasteiger partial charge on any atom is -0.452 e. The molecule has 3 rings (SSSR count). The average molecular weight is 414 g/mol. The Kier molecular flexibility index (Phi) is 6.17. The minimum atomic E-state index is -0.922. The van der Waals surface area contributed by atoms with Crippen LogP contribution in [0.25, 0.3) is 5.78 Å². The summed E-state index contributed by atoms with van der Waals surface area (Å²) < 4.78 is 6.96. The normalized spacial score (nSPS) is 12.0. The fourth-order valence-corrected chi connectivity index (χ4v) is 3.27. The summed E-state index contributed by atoms with van der Waals surface area (Å²) in [7, 11) is 0. The van der Waals surface area contributed by atoms with Gasteiger partial charge in [0.05, 0.1) is 6.42 Å². The van der Waals surface area contributed by atoms with Gasteiger partial charge in [-0.2, -0.15) is 4.98 Å². The molecule has 29 heavy (non-hydrogen) atoms. The lowest BCUT2D eigenvalue weighted by Gasteiger charge is -2.15. The monoisotopic (exact) mass is 413 g/mol. The molecular weight excluding hydrogens is 390 g/mol. The first-order valence-electron chi connectivity index (χ1n) is 9.12. The summed E-state index contributed by atoms with van der Waals surface area (Å²) in [6.45, 7) is 7.16. The molecule has 1 aromatic carbocycles. The van der Waals surface area contributed by atoms with Crippen molar-refractivity contribution in [1.29, 1.82) is 0 Å². The van der Waals surface area contributed by atoms with Gasteiger partial charge < -0.3 is 10.1 Å². The van der Waals surface area contributed by atoms with Crippen molar-refractivity contribution in [2.75, 3.05) is 11.6 Å². The highest BCUT2D eigenvalue weighted by molar-refractivity contribution is 7.98. The molecular formula is C20H23N5O3S. The molecule has 0 saturated carbocycles. The predicted molar refractivity (Wildman–Crippen MR) is 111 cm³/mol. The third-order valence-electron chi connectivity index (χ3n) is 4.50. The molecule has 1 atom stereocenters. The Balaban J connectivity index is 1.69. The van der Waals surface area contributed by atoms with Gasteiger partial charge in [0.15, 0.2) is 6.10 Å². The van der Waals surface area contributed by atoms with Gasteiger partial charge in [-0.1, -0.05) is 23.9 Å². The van der Waals surface area contributed by atoms with E-state index in [2.05, 4.69) is 20.4 Å². The molecule has 0 aliphatic carbocycles. The van der Waals surface area contributed by atoms with Crippen LogP contribution in [0.15, 0.2) is 29.4 Å². The third-order valence-corrected chi connectivity index (χ3v) is 5.03. The number of hydrogen-bond acceptors (Lipinski definition) is 7. The van der Waals surface area contributed by atoms with E-state index in [1.807, 2.05) is 45.2 Å². The average Bonchev–Trinajstić information content (AvgIpc) is 3.08. The first-order chi connectivity index (χ1) is 13.8. The van der Waals surface area contributed by atoms with Crippen LogP contribution in [-0.4, -0.2) is 43.8 Å². The van der Waals surface area contributed by atoms with Gasteiger partial charge in [-0.3, -0.25) is 9.59 Å². The number of benzene rings is 1. The molecule has 1 amide bonds. The molecule has 9 heteroatoms. The van der Waals surface area contributed by atoms with Gasteiger partial charge in [0.1, 0.15) is 0 Å². The van der Waals surface area contributed by atoms with Gasteiger partial charge in [0.25, 0.3) is 11.7 Å². The maximum Gasteiger partial charge on any atom is 0.311 e. The predicted octanol–water partition coefficient (Wildman–Crippen LogP) is 2.88. The maximum atomic E-state index is 12.5. The quantitative estimate of drug-likeness (QED) is 0.490. The highest BCUT2D eigenvalue weighted by atomic mass is 32.2. The number of ether oxygens (including phenoxy) is 1. The maximum absolute atomic E-state index is 12.5. The largest absolute Gasteiger partial charge is 0.452 e. The molecule has 0 aliphatic heterocycles. The standard InChI is InChI=1S/C20H23N5O3S/c1-11-7-6-8-15(9-11)22-18(27)14(4)28-17(26)10-16-12(2)21-19-23-20(29-5)24-25(19)13(16)3/h6-9,14H,10H2,1-5H3,(H,22,27)/t14-/m1/s1. The summed E-state index contributed by atoms with van der Waals surface area (Å²) in [6.07, 6.45) is 0.963. The van der Waals surface area contributed by atoms with Crippen LogP contribution in [-0.2, 0) is 20.7 Å². The second-order valence-corrected chi connectivity index (χ2v) is 7.51. The highest BCUT2D eigenvalue weighted by Crippen LogP contribution is 2.18. The molecule has 0 saturated heterocycles. The van der Waals surface area contributed by atoms with E-state index in [0.717, 1.165) is 11.3 Å². The van der Waals surface area contributed by atoms with Crippen molar-refractivity contribution in [2.45, 2.75) is 45.4 Å². The molecule has 2 heterocycles. The second kappa shape index (κ2) is 8.60. The van der Waals surface area contributed by atoms with Crippen LogP contribution in [0.5, 0.6) is 0 Å². The smallest absolute Gasteiger partial charge is 0.311 e. The van der Waals surface area contributed by atoms with E-state index in [1.54, 1.807) is 17.5 Å². The van der Waals surface area contributed by atoms with Crippen molar-refractivity contribution in [2.24, 2.45) is 0 Å². The van der Waals surface area contributed by atoms with Crippen LogP contribution in [0.1, 0.15) is 29.4 Å². The zero-order valence-electron chi connectivity index (χ0n) is 17.0. The molecule has 3 aromatic rings. The first kappa shape index (κ1) is 20.8. The van der Waals surface area contributed by atoms with E-state index in [0.29, 0.717) is 27.9 Å². The fraction of sp³-hybridized carbons (Fsp3) is 0.350. The van der Waals surface area contributed by atoms with E-state index in [1.165, 1.54) is 11.8 Å². The number of anilines is 1. The molecule has 8 nitrogen and oxygen atoms in total. The molecule has 0 bridgehead atoms. The third kappa shape index (κ3) is 4.73. The Labute approximate surface area is 173 Å². The summed E-state index contributed by atoms with van der Waals surface area (Å²) >= 11 is 1.42. The number of amides is 1. The fourth-order valence-electron chi connectivity index (χ4n) is 2.94. The number of hydrogen-bond donors (Lipinski definition) is 1. The summed E-state index contributed by atoms with van der Waals surface area (Å²) in [4.78, 5) is 33.5. The van der Waals surface area contributed by atoms with Crippen molar-refractivity contribution in [1.82, 2.24) is 19.6 Å². The second-order valence-electron chi connectivity index (χ2n) is 6.74. The number of fused-ring (bicyclic) bond motifs is 1. The van der Waals surface area contributed by atoms with Crippen LogP contribution in [0.2, 0.25) is 0 Å². The molecule has 1 N–H and O–H groups in total. The number of aromatic nitrogens is 4. The van der Waals surface area contributed by atoms with Crippen LogP contribution < -0.4 is 5.32 Å². The van der Waals surface area contributed by atoms with Crippen molar-refractivity contribution in [3.63, 3.8) is 0 Å².